The largest absolute Gasteiger partial charge is 0.325 e. The molecule has 0 aliphatic rings. The number of anilines is 1. The molecule has 3 aromatic rings. The van der Waals surface area contributed by atoms with Crippen LogP contribution in [0.3, 0.4) is 0 Å². The lowest BCUT2D eigenvalue weighted by Crippen LogP contribution is -2.14. The first-order valence-corrected chi connectivity index (χ1v) is 10.2. The lowest BCUT2D eigenvalue weighted by molar-refractivity contribution is -0.113. The minimum absolute atomic E-state index is 0.0808. The van der Waals surface area contributed by atoms with Crippen molar-refractivity contribution in [2.75, 3.05) is 11.1 Å². The molecule has 0 aliphatic carbocycles. The summed E-state index contributed by atoms with van der Waals surface area (Å²) in [5.41, 5.74) is 2.93. The molecule has 0 saturated carbocycles. The van der Waals surface area contributed by atoms with Crippen LogP contribution in [0.5, 0.6) is 0 Å². The van der Waals surface area contributed by atoms with Gasteiger partial charge in [0.1, 0.15) is 0 Å². The Balaban J connectivity index is 1.67. The zero-order chi connectivity index (χ0) is 19.9. The number of benzene rings is 1. The van der Waals surface area contributed by atoms with Crippen LogP contribution >= 0.6 is 11.8 Å². The van der Waals surface area contributed by atoms with Crippen molar-refractivity contribution >= 4 is 23.4 Å². The molecule has 2 heterocycles. The number of amides is 1. The van der Waals surface area contributed by atoms with Crippen LogP contribution in [0.15, 0.2) is 54.5 Å². The molecule has 0 saturated heterocycles. The van der Waals surface area contributed by atoms with Gasteiger partial charge < -0.3 is 5.32 Å². The molecule has 0 atom stereocenters. The first-order chi connectivity index (χ1) is 13.6. The lowest BCUT2D eigenvalue weighted by atomic mass is 10.1. The number of carbonyl (C=O) groups excluding carboxylic acids is 1. The molecular weight excluding hydrogens is 372 g/mol. The molecule has 0 aliphatic heterocycles. The number of nitrogens with one attached hydrogen (secondary N) is 1. The molecule has 7 nitrogen and oxygen atoms in total. The van der Waals surface area contributed by atoms with E-state index in [1.165, 1.54) is 17.3 Å². The first-order valence-electron chi connectivity index (χ1n) is 9.23. The minimum Gasteiger partial charge on any atom is -0.325 e. The first kappa shape index (κ1) is 19.9. The predicted octanol–water partition coefficient (Wildman–Crippen LogP) is 3.64. The van der Waals surface area contributed by atoms with Gasteiger partial charge in [-0.2, -0.15) is 5.10 Å². The zero-order valence-electron chi connectivity index (χ0n) is 16.1. The van der Waals surface area contributed by atoms with Gasteiger partial charge in [-0.25, -0.2) is 0 Å². The van der Waals surface area contributed by atoms with Crippen molar-refractivity contribution < 1.29 is 4.79 Å². The Morgan fingerprint density at radius 2 is 2.04 bits per heavy atom. The molecule has 3 rings (SSSR count). The molecule has 2 aromatic heterocycles. The fourth-order valence-electron chi connectivity index (χ4n) is 2.71. The number of rotatable bonds is 9. The summed E-state index contributed by atoms with van der Waals surface area (Å²) in [7, 11) is 0. The standard InChI is InChI=1S/C20H24N6OS/c1-4-11-26-19(16-12-21-25(6-3)13-16)23-24-20(26)28-14-18(27)22-17-9-7-15(5-2)8-10-17/h4,7-10,12-13H,1,5-6,11,14H2,2-3H3,(H,22,27). The molecule has 1 amide bonds. The van der Waals surface area contributed by atoms with Crippen LogP contribution in [0.4, 0.5) is 5.69 Å². The third kappa shape index (κ3) is 4.69. The summed E-state index contributed by atoms with van der Waals surface area (Å²) in [6, 6.07) is 7.88. The van der Waals surface area contributed by atoms with Crippen LogP contribution in [0.2, 0.25) is 0 Å². The molecule has 1 aromatic carbocycles. The van der Waals surface area contributed by atoms with Gasteiger partial charge in [-0.05, 0) is 31.0 Å². The number of aryl methyl sites for hydroxylation is 2. The smallest absolute Gasteiger partial charge is 0.234 e. The lowest BCUT2D eigenvalue weighted by Gasteiger charge is -2.08. The van der Waals surface area contributed by atoms with Crippen molar-refractivity contribution in [2.45, 2.75) is 38.5 Å². The number of nitrogens with zero attached hydrogens (tertiary/aromatic N) is 5. The van der Waals surface area contributed by atoms with Crippen LogP contribution in [0, 0.1) is 0 Å². The highest BCUT2D eigenvalue weighted by Crippen LogP contribution is 2.24. The van der Waals surface area contributed by atoms with E-state index in [2.05, 4.69) is 34.1 Å². The predicted molar refractivity (Wildman–Crippen MR) is 112 cm³/mol. The van der Waals surface area contributed by atoms with Crippen molar-refractivity contribution in [2.24, 2.45) is 0 Å². The summed E-state index contributed by atoms with van der Waals surface area (Å²) in [4.78, 5) is 12.3. The molecule has 0 unspecified atom stereocenters. The Morgan fingerprint density at radius 3 is 2.68 bits per heavy atom. The highest BCUT2D eigenvalue weighted by Gasteiger charge is 2.16. The van der Waals surface area contributed by atoms with Crippen molar-refractivity contribution in [3.05, 3.63) is 54.9 Å². The number of thioether (sulfide) groups is 1. The SMILES string of the molecule is C=CCn1c(SCC(=O)Nc2ccc(CC)cc2)nnc1-c1cnn(CC)c1. The quantitative estimate of drug-likeness (QED) is 0.441. The van der Waals surface area contributed by atoms with Crippen LogP contribution in [-0.4, -0.2) is 36.2 Å². The van der Waals surface area contributed by atoms with E-state index in [0.29, 0.717) is 11.7 Å². The number of carbonyl (C=O) groups is 1. The van der Waals surface area contributed by atoms with Crippen molar-refractivity contribution in [1.82, 2.24) is 24.5 Å². The van der Waals surface area contributed by atoms with Crippen molar-refractivity contribution in [3.8, 4) is 11.4 Å². The highest BCUT2D eigenvalue weighted by molar-refractivity contribution is 7.99. The fourth-order valence-corrected chi connectivity index (χ4v) is 3.45. The van der Waals surface area contributed by atoms with Crippen LogP contribution in [-0.2, 0) is 24.3 Å². The van der Waals surface area contributed by atoms with Gasteiger partial charge in [-0.1, -0.05) is 36.9 Å². The maximum absolute atomic E-state index is 12.3. The van der Waals surface area contributed by atoms with Gasteiger partial charge in [-0.15, -0.1) is 16.8 Å². The van der Waals surface area contributed by atoms with E-state index in [-0.39, 0.29) is 11.7 Å². The molecule has 0 bridgehead atoms. The van der Waals surface area contributed by atoms with E-state index in [1.807, 2.05) is 46.6 Å². The topological polar surface area (TPSA) is 77.6 Å². The van der Waals surface area contributed by atoms with Crippen molar-refractivity contribution in [1.29, 1.82) is 0 Å². The number of hydrogen-bond acceptors (Lipinski definition) is 5. The number of allylic oxidation sites excluding steroid dienone is 1. The minimum atomic E-state index is -0.0808. The zero-order valence-corrected chi connectivity index (χ0v) is 16.9. The van der Waals surface area contributed by atoms with E-state index < -0.39 is 0 Å². The molecule has 0 spiro atoms. The Hall–Kier alpha value is -2.87. The second-order valence-electron chi connectivity index (χ2n) is 6.18. The fraction of sp³-hybridized carbons (Fsp3) is 0.300. The van der Waals surface area contributed by atoms with Gasteiger partial charge in [-0.3, -0.25) is 14.0 Å². The van der Waals surface area contributed by atoms with E-state index >= 15 is 0 Å². The summed E-state index contributed by atoms with van der Waals surface area (Å²) >= 11 is 1.35. The van der Waals surface area contributed by atoms with Crippen LogP contribution in [0.1, 0.15) is 19.4 Å². The molecule has 0 radical (unpaired) electrons. The Kier molecular flexibility index (Phi) is 6.65. The van der Waals surface area contributed by atoms with E-state index in [4.69, 9.17) is 0 Å². The maximum Gasteiger partial charge on any atom is 0.234 e. The average Bonchev–Trinajstić information content (AvgIpc) is 3.34. The highest BCUT2D eigenvalue weighted by atomic mass is 32.2. The molecule has 1 N–H and O–H groups in total. The van der Waals surface area contributed by atoms with Gasteiger partial charge in [0.05, 0.1) is 17.5 Å². The summed E-state index contributed by atoms with van der Waals surface area (Å²) in [6.45, 7) is 9.29. The molecule has 0 fully saturated rings. The second kappa shape index (κ2) is 9.36. The van der Waals surface area contributed by atoms with Gasteiger partial charge >= 0.3 is 0 Å². The normalized spacial score (nSPS) is 10.8. The average molecular weight is 397 g/mol. The van der Waals surface area contributed by atoms with Gasteiger partial charge in [0.25, 0.3) is 0 Å². The Morgan fingerprint density at radius 1 is 1.25 bits per heavy atom. The monoisotopic (exact) mass is 396 g/mol. The van der Waals surface area contributed by atoms with E-state index in [1.54, 1.807) is 12.3 Å². The number of hydrogen-bond donors (Lipinski definition) is 1. The van der Waals surface area contributed by atoms with Gasteiger partial charge in [0, 0.05) is 25.0 Å². The van der Waals surface area contributed by atoms with E-state index in [9.17, 15) is 4.79 Å². The van der Waals surface area contributed by atoms with Gasteiger partial charge in [0.15, 0.2) is 11.0 Å². The van der Waals surface area contributed by atoms with Gasteiger partial charge in [0.2, 0.25) is 5.91 Å². The van der Waals surface area contributed by atoms with E-state index in [0.717, 1.165) is 30.0 Å². The molecule has 146 valence electrons. The molecule has 8 heteroatoms. The molecule has 28 heavy (non-hydrogen) atoms. The summed E-state index contributed by atoms with van der Waals surface area (Å²) in [5.74, 6) is 0.888. The maximum atomic E-state index is 12.3. The van der Waals surface area contributed by atoms with Crippen LogP contribution in [0.25, 0.3) is 11.4 Å². The molecular formula is C20H24N6OS. The summed E-state index contributed by atoms with van der Waals surface area (Å²) < 4.78 is 3.78. The summed E-state index contributed by atoms with van der Waals surface area (Å²) in [5, 5.41) is 16.4. The van der Waals surface area contributed by atoms with Crippen molar-refractivity contribution in [3.63, 3.8) is 0 Å². The Labute approximate surface area is 168 Å². The summed E-state index contributed by atoms with van der Waals surface area (Å²) in [6.07, 6.45) is 6.47. The third-order valence-corrected chi connectivity index (χ3v) is 5.19. The van der Waals surface area contributed by atoms with Crippen LogP contribution < -0.4 is 5.32 Å². The number of aromatic nitrogens is 5. The Bertz CT molecular complexity index is 944. The second-order valence-corrected chi connectivity index (χ2v) is 7.12. The third-order valence-electron chi connectivity index (χ3n) is 4.22.